The molecule has 4 heteroatoms. The van der Waals surface area contributed by atoms with Gasteiger partial charge < -0.3 is 4.74 Å². The van der Waals surface area contributed by atoms with E-state index in [9.17, 15) is 10.1 Å². The van der Waals surface area contributed by atoms with Gasteiger partial charge in [-0.1, -0.05) is 30.3 Å². The Morgan fingerprint density at radius 1 is 1.36 bits per heavy atom. The van der Waals surface area contributed by atoms with Crippen LogP contribution in [0.15, 0.2) is 42.6 Å². The lowest BCUT2D eigenvalue weighted by Gasteiger charge is -1.99. The molecule has 0 aliphatic rings. The van der Waals surface area contributed by atoms with Gasteiger partial charge >= 0.3 is 0 Å². The molecule has 0 amide bonds. The molecular formula is C10H11NO3. The van der Waals surface area contributed by atoms with Gasteiger partial charge in [0.05, 0.1) is 18.1 Å². The highest BCUT2D eigenvalue weighted by Crippen LogP contribution is 1.99. The van der Waals surface area contributed by atoms with Crippen molar-refractivity contribution in [2.24, 2.45) is 0 Å². The molecule has 0 heterocycles. The van der Waals surface area contributed by atoms with Crippen molar-refractivity contribution in [2.45, 2.75) is 6.61 Å². The van der Waals surface area contributed by atoms with Crippen molar-refractivity contribution in [2.75, 3.05) is 6.61 Å². The van der Waals surface area contributed by atoms with E-state index in [0.29, 0.717) is 6.61 Å². The van der Waals surface area contributed by atoms with Crippen molar-refractivity contribution in [3.8, 4) is 0 Å². The van der Waals surface area contributed by atoms with Crippen molar-refractivity contribution in [3.63, 3.8) is 0 Å². The van der Waals surface area contributed by atoms with Crippen LogP contribution in [0, 0.1) is 10.1 Å². The van der Waals surface area contributed by atoms with Gasteiger partial charge in [0.25, 0.3) is 0 Å². The maximum atomic E-state index is 9.90. The number of benzene rings is 1. The van der Waals surface area contributed by atoms with E-state index in [0.717, 1.165) is 11.8 Å². The maximum absolute atomic E-state index is 9.90. The van der Waals surface area contributed by atoms with E-state index in [1.54, 1.807) is 0 Å². The molecule has 0 saturated heterocycles. The van der Waals surface area contributed by atoms with Gasteiger partial charge in [-0.15, -0.1) is 0 Å². The second kappa shape index (κ2) is 5.88. The van der Waals surface area contributed by atoms with Crippen LogP contribution in [-0.4, -0.2) is 11.5 Å². The molecule has 0 fully saturated rings. The van der Waals surface area contributed by atoms with Crippen LogP contribution >= 0.6 is 0 Å². The Bertz CT molecular complexity index is 308. The van der Waals surface area contributed by atoms with Gasteiger partial charge in [-0.05, 0) is 5.56 Å². The second-order valence-corrected chi connectivity index (χ2v) is 2.67. The Hall–Kier alpha value is -1.68. The Morgan fingerprint density at radius 2 is 2.07 bits per heavy atom. The topological polar surface area (TPSA) is 52.4 Å². The number of hydrogen-bond donors (Lipinski definition) is 0. The smallest absolute Gasteiger partial charge is 0.232 e. The zero-order chi connectivity index (χ0) is 10.2. The highest BCUT2D eigenvalue weighted by molar-refractivity contribution is 5.13. The molecule has 1 rings (SSSR count). The molecule has 0 unspecified atom stereocenters. The van der Waals surface area contributed by atoms with Crippen molar-refractivity contribution in [1.29, 1.82) is 0 Å². The SMILES string of the molecule is O=[N+]([O-])C=CCOCc1ccccc1. The summed E-state index contributed by atoms with van der Waals surface area (Å²) < 4.78 is 5.18. The fourth-order valence-corrected chi connectivity index (χ4v) is 0.948. The molecule has 0 radical (unpaired) electrons. The van der Waals surface area contributed by atoms with E-state index in [1.165, 1.54) is 6.08 Å². The standard InChI is InChI=1S/C10H11NO3/c12-11(13)7-4-8-14-9-10-5-2-1-3-6-10/h1-7H,8-9H2. The minimum absolute atomic E-state index is 0.260. The average molecular weight is 193 g/mol. The summed E-state index contributed by atoms with van der Waals surface area (Å²) in [6.07, 6.45) is 2.26. The van der Waals surface area contributed by atoms with Crippen LogP contribution in [-0.2, 0) is 11.3 Å². The lowest BCUT2D eigenvalue weighted by molar-refractivity contribution is -0.402. The van der Waals surface area contributed by atoms with Crippen LogP contribution in [0.3, 0.4) is 0 Å². The highest BCUT2D eigenvalue weighted by atomic mass is 16.6. The molecule has 0 saturated carbocycles. The Kier molecular flexibility index (Phi) is 4.37. The Labute approximate surface area is 82.0 Å². The predicted octanol–water partition coefficient (Wildman–Crippen LogP) is 1.99. The fraction of sp³-hybridized carbons (Fsp3) is 0.200. The third-order valence-electron chi connectivity index (χ3n) is 1.55. The van der Waals surface area contributed by atoms with Gasteiger partial charge in [-0.25, -0.2) is 0 Å². The van der Waals surface area contributed by atoms with E-state index in [-0.39, 0.29) is 6.61 Å². The van der Waals surface area contributed by atoms with Gasteiger partial charge in [0.2, 0.25) is 6.20 Å². The monoisotopic (exact) mass is 193 g/mol. The van der Waals surface area contributed by atoms with Crippen LogP contribution in [0.1, 0.15) is 5.56 Å². The summed E-state index contributed by atoms with van der Waals surface area (Å²) in [5.41, 5.74) is 1.06. The zero-order valence-electron chi connectivity index (χ0n) is 7.63. The Balaban J connectivity index is 2.19. The van der Waals surface area contributed by atoms with Gasteiger partial charge in [-0.2, -0.15) is 0 Å². The highest BCUT2D eigenvalue weighted by Gasteiger charge is 1.90. The quantitative estimate of drug-likeness (QED) is 0.408. The first-order chi connectivity index (χ1) is 6.79. The van der Waals surface area contributed by atoms with E-state index in [2.05, 4.69) is 0 Å². The van der Waals surface area contributed by atoms with Gasteiger partial charge in [0.15, 0.2) is 0 Å². The molecule has 0 N–H and O–H groups in total. The number of nitro groups is 1. The number of ether oxygens (including phenoxy) is 1. The summed E-state index contributed by atoms with van der Waals surface area (Å²) in [7, 11) is 0. The fourth-order valence-electron chi connectivity index (χ4n) is 0.948. The van der Waals surface area contributed by atoms with Gasteiger partial charge in [-0.3, -0.25) is 10.1 Å². The average Bonchev–Trinajstić information content (AvgIpc) is 2.18. The molecule has 0 aliphatic carbocycles. The molecule has 1 aromatic carbocycles. The molecule has 0 aliphatic heterocycles. The van der Waals surface area contributed by atoms with Crippen LogP contribution in [0.25, 0.3) is 0 Å². The third-order valence-corrected chi connectivity index (χ3v) is 1.55. The Morgan fingerprint density at radius 3 is 2.71 bits per heavy atom. The lowest BCUT2D eigenvalue weighted by Crippen LogP contribution is -1.93. The van der Waals surface area contributed by atoms with Crippen molar-refractivity contribution < 1.29 is 9.66 Å². The number of rotatable bonds is 5. The largest absolute Gasteiger partial charge is 0.372 e. The van der Waals surface area contributed by atoms with Crippen LogP contribution in [0.5, 0.6) is 0 Å². The molecular weight excluding hydrogens is 182 g/mol. The van der Waals surface area contributed by atoms with Crippen molar-refractivity contribution in [3.05, 3.63) is 58.3 Å². The molecule has 14 heavy (non-hydrogen) atoms. The summed E-state index contributed by atoms with van der Waals surface area (Å²) >= 11 is 0. The predicted molar refractivity (Wildman–Crippen MR) is 52.2 cm³/mol. The summed E-state index contributed by atoms with van der Waals surface area (Å²) in [5, 5.41) is 9.90. The molecule has 0 atom stereocenters. The van der Waals surface area contributed by atoms with E-state index >= 15 is 0 Å². The zero-order valence-corrected chi connectivity index (χ0v) is 7.63. The molecule has 1 aromatic rings. The summed E-state index contributed by atoms with van der Waals surface area (Å²) in [5.74, 6) is 0. The summed E-state index contributed by atoms with van der Waals surface area (Å²) in [4.78, 5) is 9.39. The first kappa shape index (κ1) is 10.4. The minimum atomic E-state index is -0.508. The first-order valence-electron chi connectivity index (χ1n) is 4.21. The normalized spacial score (nSPS) is 10.6. The van der Waals surface area contributed by atoms with Crippen LogP contribution in [0.4, 0.5) is 0 Å². The lowest BCUT2D eigenvalue weighted by atomic mass is 10.2. The van der Waals surface area contributed by atoms with E-state index in [4.69, 9.17) is 4.74 Å². The molecule has 4 nitrogen and oxygen atoms in total. The van der Waals surface area contributed by atoms with E-state index < -0.39 is 4.92 Å². The second-order valence-electron chi connectivity index (χ2n) is 2.67. The van der Waals surface area contributed by atoms with Crippen LogP contribution in [0.2, 0.25) is 0 Å². The van der Waals surface area contributed by atoms with Crippen molar-refractivity contribution >= 4 is 0 Å². The minimum Gasteiger partial charge on any atom is -0.372 e. The van der Waals surface area contributed by atoms with E-state index in [1.807, 2.05) is 30.3 Å². The summed E-state index contributed by atoms with van der Waals surface area (Å²) in [6, 6.07) is 9.65. The summed E-state index contributed by atoms with van der Waals surface area (Å²) in [6.45, 7) is 0.735. The third kappa shape index (κ3) is 4.37. The first-order valence-corrected chi connectivity index (χ1v) is 4.21. The molecule has 74 valence electrons. The molecule has 0 bridgehead atoms. The number of hydrogen-bond acceptors (Lipinski definition) is 3. The van der Waals surface area contributed by atoms with Gasteiger partial charge in [0, 0.05) is 6.08 Å². The maximum Gasteiger partial charge on any atom is 0.232 e. The van der Waals surface area contributed by atoms with Crippen LogP contribution < -0.4 is 0 Å². The number of nitrogens with zero attached hydrogens (tertiary/aromatic N) is 1. The van der Waals surface area contributed by atoms with Gasteiger partial charge in [0.1, 0.15) is 0 Å². The molecule has 0 spiro atoms. The van der Waals surface area contributed by atoms with Crippen molar-refractivity contribution in [1.82, 2.24) is 0 Å². The molecule has 0 aromatic heterocycles.